The first-order valence-corrected chi connectivity index (χ1v) is 30.8. The number of unbranched alkanes of at least 4 members (excludes halogenated alkanes) is 1. The number of esters is 1. The molecule has 4 aliphatic heterocycles. The van der Waals surface area contributed by atoms with Gasteiger partial charge in [0.25, 0.3) is 11.5 Å². The van der Waals surface area contributed by atoms with E-state index >= 15 is 0 Å². The van der Waals surface area contributed by atoms with Gasteiger partial charge in [-0.2, -0.15) is 0 Å². The number of fused-ring (bicyclic) bond motifs is 6. The second-order valence-corrected chi connectivity index (χ2v) is 23.6. The van der Waals surface area contributed by atoms with Crippen LogP contribution in [0.2, 0.25) is 0 Å². The van der Waals surface area contributed by atoms with E-state index < -0.39 is 81.7 Å². The number of amides is 3. The number of aliphatic carboxylic acids is 1. The number of hydrogen-bond acceptors (Lipinski definition) is 24. The van der Waals surface area contributed by atoms with Crippen LogP contribution >= 0.6 is 0 Å². The standard InChI is InChI=1S/C60H69N7O22S/c1-5-60(78)41-25-43-48-39(29-67(43)54(73)40(41)31-84-57(60)76)36(37-24-45-46(87-32-86-45)26-42(37)65-48)13-16-66(33(2)3)59(77)85-30-34-11-12-44(88-56-51(71)49(69)50(70)52(89-56)55(74)75)38(23-34)53(72)62-15-18-82-20-22-83-21-19-81-17-14-61-47(68)10-8-6-7-9-35-27-63-58(64-28-35)90(4,79)80/h11-12,23-28,33,49-52,56,69-71,78H,5-6,8,10,13-22,29-32H2,1-4H3,(H,61,68)(H,62,72)(H,74,75)/t49-,50-,51+,52-,56+,60-/m0/s1. The number of carboxylic acids is 1. The molecule has 7 N–H and O–H groups in total. The number of carbonyl (C=O) groups excluding carboxylic acids is 4. The Kier molecular flexibility index (Phi) is 21.3. The van der Waals surface area contributed by atoms with Crippen molar-refractivity contribution in [2.75, 3.05) is 72.3 Å². The van der Waals surface area contributed by atoms with Gasteiger partial charge in [0.1, 0.15) is 37.3 Å². The summed E-state index contributed by atoms with van der Waals surface area (Å²) in [6.45, 7) is 6.05. The summed E-state index contributed by atoms with van der Waals surface area (Å²) < 4.78 is 74.9. The fourth-order valence-corrected chi connectivity index (χ4v) is 10.9. The summed E-state index contributed by atoms with van der Waals surface area (Å²) in [5.41, 5.74) is 1.17. The smallest absolute Gasteiger partial charge is 0.410 e. The highest BCUT2D eigenvalue weighted by molar-refractivity contribution is 7.90. The van der Waals surface area contributed by atoms with Gasteiger partial charge in [0.05, 0.1) is 79.8 Å². The Labute approximate surface area is 515 Å². The van der Waals surface area contributed by atoms with E-state index in [0.29, 0.717) is 63.3 Å². The van der Waals surface area contributed by atoms with E-state index in [2.05, 4.69) is 32.4 Å². The number of nitrogens with zero attached hydrogens (tertiary/aromatic N) is 5. The van der Waals surface area contributed by atoms with Gasteiger partial charge in [-0.1, -0.05) is 24.8 Å². The number of aliphatic hydroxyl groups excluding tert-OH is 3. The number of cyclic esters (lactones) is 1. The first-order valence-electron chi connectivity index (χ1n) is 28.9. The molecule has 0 saturated carbocycles. The lowest BCUT2D eigenvalue weighted by Gasteiger charge is -2.38. The SMILES string of the molecule is CC[C@@]1(O)C(=O)OCc2c1cc1n(c2=O)Cc2c-1nc1cc3c(cc1c2CCN(C(=O)OCc1ccc(O[C@@H]2O[C@H](C(=O)O)[C@@H](O)[C@H](O)[C@H]2O)c(C(=O)NCCOCCOCCOCCNC(=O)CCCC#Cc2cnc(S(C)(=O)=O)nc2)c1)C(C)C)OCO3. The van der Waals surface area contributed by atoms with Crippen molar-refractivity contribution in [1.29, 1.82) is 0 Å². The lowest BCUT2D eigenvalue weighted by molar-refractivity contribution is -0.271. The van der Waals surface area contributed by atoms with Gasteiger partial charge >= 0.3 is 18.0 Å². The summed E-state index contributed by atoms with van der Waals surface area (Å²) >= 11 is 0. The molecule has 0 unspecified atom stereocenters. The molecule has 1 saturated heterocycles. The zero-order chi connectivity index (χ0) is 64.4. The minimum Gasteiger partial charge on any atom is -0.479 e. The molecule has 29 nitrogen and oxygen atoms in total. The summed E-state index contributed by atoms with van der Waals surface area (Å²) in [6.07, 6.45) is -5.53. The Bertz CT molecular complexity index is 3760. The van der Waals surface area contributed by atoms with Crippen LogP contribution in [0.1, 0.15) is 90.2 Å². The first-order chi connectivity index (χ1) is 43.1. The van der Waals surface area contributed by atoms with Gasteiger partial charge in [0, 0.05) is 79.7 Å². The number of pyridine rings is 2. The van der Waals surface area contributed by atoms with Gasteiger partial charge in [-0.25, -0.2) is 37.8 Å². The molecule has 5 aromatic rings. The molecule has 0 aliphatic carbocycles. The molecule has 482 valence electrons. The Morgan fingerprint density at radius 2 is 1.58 bits per heavy atom. The van der Waals surface area contributed by atoms with Crippen LogP contribution in [0.5, 0.6) is 17.2 Å². The van der Waals surface area contributed by atoms with Crippen LogP contribution in [-0.2, 0) is 84.4 Å². The second kappa shape index (κ2) is 29.1. The van der Waals surface area contributed by atoms with Crippen molar-refractivity contribution in [2.45, 2.75) is 120 Å². The molecule has 0 radical (unpaired) electrons. The zero-order valence-corrected chi connectivity index (χ0v) is 50.4. The second-order valence-electron chi connectivity index (χ2n) is 21.6. The summed E-state index contributed by atoms with van der Waals surface area (Å²) in [6, 6.07) is 8.82. The molecule has 0 bridgehead atoms. The highest BCUT2D eigenvalue weighted by Crippen LogP contribution is 2.43. The maximum Gasteiger partial charge on any atom is 0.410 e. The number of nitrogens with one attached hydrogen (secondary N) is 2. The predicted molar refractivity (Wildman–Crippen MR) is 311 cm³/mol. The molecule has 90 heavy (non-hydrogen) atoms. The minimum absolute atomic E-state index is 0.0101. The molecule has 3 amide bonds. The van der Waals surface area contributed by atoms with E-state index in [4.69, 9.17) is 47.6 Å². The van der Waals surface area contributed by atoms with Crippen LogP contribution in [0.25, 0.3) is 22.3 Å². The van der Waals surface area contributed by atoms with Gasteiger partial charge in [-0.05, 0) is 68.5 Å². The maximum atomic E-state index is 14.1. The van der Waals surface area contributed by atoms with Crippen LogP contribution in [0.15, 0.2) is 58.7 Å². The fraction of sp³-hybridized carbons (Fsp3) is 0.483. The van der Waals surface area contributed by atoms with Gasteiger partial charge in [0.2, 0.25) is 34.0 Å². The third kappa shape index (κ3) is 15.1. The summed E-state index contributed by atoms with van der Waals surface area (Å²) in [5, 5.41) is 58.5. The number of rotatable bonds is 27. The van der Waals surface area contributed by atoms with Crippen LogP contribution in [0.4, 0.5) is 4.79 Å². The van der Waals surface area contributed by atoms with Crippen molar-refractivity contribution < 1.29 is 101 Å². The van der Waals surface area contributed by atoms with Crippen molar-refractivity contribution in [3.63, 3.8) is 0 Å². The number of aromatic nitrogens is 4. The average Bonchev–Trinajstić information content (AvgIpc) is 1.51. The molecule has 1 fully saturated rings. The number of sulfone groups is 1. The van der Waals surface area contributed by atoms with Gasteiger partial charge in [0.15, 0.2) is 23.2 Å². The number of carboxylic acid groups (broad SMARTS) is 1. The molecule has 6 atom stereocenters. The van der Waals surface area contributed by atoms with Crippen molar-refractivity contribution in [1.82, 2.24) is 35.1 Å². The highest BCUT2D eigenvalue weighted by Gasteiger charge is 2.49. The van der Waals surface area contributed by atoms with Crippen molar-refractivity contribution in [2.24, 2.45) is 0 Å². The average molecular weight is 1270 g/mol. The van der Waals surface area contributed by atoms with E-state index in [1.807, 2.05) is 0 Å². The third-order valence-electron chi connectivity index (χ3n) is 15.2. The summed E-state index contributed by atoms with van der Waals surface area (Å²) in [5.74, 6) is 3.03. The minimum atomic E-state index is -3.51. The van der Waals surface area contributed by atoms with Gasteiger partial charge in [-0.15, -0.1) is 0 Å². The predicted octanol–water partition coefficient (Wildman–Crippen LogP) is 0.980. The highest BCUT2D eigenvalue weighted by atomic mass is 32.2. The van der Waals surface area contributed by atoms with Crippen LogP contribution in [0, 0.1) is 11.8 Å². The van der Waals surface area contributed by atoms with Crippen LogP contribution in [0.3, 0.4) is 0 Å². The fourth-order valence-electron chi connectivity index (χ4n) is 10.4. The number of aliphatic hydroxyl groups is 4. The molecule has 30 heteroatoms. The lowest BCUT2D eigenvalue weighted by Crippen LogP contribution is -2.61. The molecule has 4 aliphatic rings. The van der Waals surface area contributed by atoms with E-state index in [1.165, 1.54) is 40.1 Å². The van der Waals surface area contributed by atoms with E-state index in [9.17, 15) is 62.7 Å². The van der Waals surface area contributed by atoms with Gasteiger partial charge in [-0.3, -0.25) is 14.4 Å². The van der Waals surface area contributed by atoms with Crippen molar-refractivity contribution in [3.8, 4) is 40.5 Å². The number of ether oxygens (including phenoxy) is 9. The Hall–Kier alpha value is -8.38. The third-order valence-corrected chi connectivity index (χ3v) is 16.1. The summed E-state index contributed by atoms with van der Waals surface area (Å²) in [7, 11) is -3.51. The topological polar surface area (TPSA) is 392 Å². The van der Waals surface area contributed by atoms with Crippen LogP contribution in [-0.4, -0.2) is 197 Å². The zero-order valence-electron chi connectivity index (χ0n) is 49.6. The lowest BCUT2D eigenvalue weighted by atomic mass is 9.86. The number of hydrogen-bond donors (Lipinski definition) is 7. The molecule has 2 aromatic carbocycles. The molecule has 9 rings (SSSR count). The summed E-state index contributed by atoms with van der Waals surface area (Å²) in [4.78, 5) is 93.2. The Balaban J connectivity index is 0.777. The molecular weight excluding hydrogens is 1200 g/mol. The van der Waals surface area contributed by atoms with Crippen LogP contribution < -0.4 is 30.4 Å². The Morgan fingerprint density at radius 1 is 0.889 bits per heavy atom. The molecule has 3 aromatic heterocycles. The Morgan fingerprint density at radius 3 is 2.26 bits per heavy atom. The largest absolute Gasteiger partial charge is 0.479 e. The quantitative estimate of drug-likeness (QED) is 0.0164. The van der Waals surface area contributed by atoms with Gasteiger partial charge < -0.3 is 88.3 Å². The van der Waals surface area contributed by atoms with E-state index in [0.717, 1.165) is 11.8 Å². The molecular formula is C60H69N7O22S. The monoisotopic (exact) mass is 1270 g/mol. The maximum absolute atomic E-state index is 14.1. The molecule has 0 spiro atoms. The normalized spacial score (nSPS) is 19.7. The van der Waals surface area contributed by atoms with E-state index in [1.54, 1.807) is 39.0 Å². The number of carbonyl (C=O) groups is 5. The first kappa shape index (κ1) is 66.0. The molecule has 7 heterocycles. The van der Waals surface area contributed by atoms with Crippen molar-refractivity contribution >= 4 is 50.6 Å². The number of benzene rings is 2. The van der Waals surface area contributed by atoms with E-state index in [-0.39, 0.29) is 139 Å². The van der Waals surface area contributed by atoms with Crippen molar-refractivity contribution in [3.05, 3.63) is 98.1 Å².